The van der Waals surface area contributed by atoms with Gasteiger partial charge in [0.05, 0.1) is 18.3 Å². The van der Waals surface area contributed by atoms with Crippen molar-refractivity contribution in [1.29, 1.82) is 0 Å². The number of hydrogen-bond donors (Lipinski definition) is 2. The number of hydrogen-bond acceptors (Lipinski definition) is 5. The zero-order valence-corrected chi connectivity index (χ0v) is 19.9. The molecule has 3 rings (SSSR count). The minimum Gasteiger partial charge on any atom is -0.480 e. The molecule has 1 unspecified atom stereocenters. The number of carbonyl (C=O) groups is 2. The molecule has 2 aromatic rings. The summed E-state index contributed by atoms with van der Waals surface area (Å²) in [5.41, 5.74) is -1.97. The summed E-state index contributed by atoms with van der Waals surface area (Å²) in [5, 5.41) is 11.8. The van der Waals surface area contributed by atoms with E-state index in [4.69, 9.17) is 9.15 Å². The van der Waals surface area contributed by atoms with Crippen LogP contribution in [0, 0.1) is 11.8 Å². The summed E-state index contributed by atoms with van der Waals surface area (Å²) >= 11 is 0. The Bertz CT molecular complexity index is 1110. The third-order valence-corrected chi connectivity index (χ3v) is 6.07. The van der Waals surface area contributed by atoms with Crippen molar-refractivity contribution in [3.8, 4) is 11.5 Å². The second-order valence-electron chi connectivity index (χ2n) is 9.24. The quantitative estimate of drug-likeness (QED) is 0.421. The summed E-state index contributed by atoms with van der Waals surface area (Å²) in [7, 11) is 0. The molecule has 1 aliphatic carbocycles. The summed E-state index contributed by atoms with van der Waals surface area (Å²) in [6.45, 7) is 2.66. The van der Waals surface area contributed by atoms with Crippen molar-refractivity contribution < 1.29 is 50.2 Å². The lowest BCUT2D eigenvalue weighted by Gasteiger charge is -2.29. The highest BCUT2D eigenvalue weighted by Crippen LogP contribution is 2.38. The SMILES string of the molecule is CC(C)C(NC(=O)[C@H]1CCC[C@@H](OCc2nc(-c3cccc(C(F)(F)F)c3)oc2C(F)(F)F)C1)C(=O)O. The van der Waals surface area contributed by atoms with Gasteiger partial charge in [-0.05, 0) is 43.4 Å². The lowest BCUT2D eigenvalue weighted by Crippen LogP contribution is -2.47. The number of aliphatic carboxylic acids is 1. The maximum absolute atomic E-state index is 13.6. The smallest absolute Gasteiger partial charge is 0.451 e. The van der Waals surface area contributed by atoms with Gasteiger partial charge in [-0.25, -0.2) is 9.78 Å². The Balaban J connectivity index is 1.73. The molecule has 0 spiro atoms. The van der Waals surface area contributed by atoms with Crippen molar-refractivity contribution in [2.24, 2.45) is 11.8 Å². The highest BCUT2D eigenvalue weighted by molar-refractivity contribution is 5.85. The Hall–Kier alpha value is -3.09. The average Bonchev–Trinajstić information content (AvgIpc) is 3.25. The van der Waals surface area contributed by atoms with Crippen LogP contribution in [-0.4, -0.2) is 34.1 Å². The molecule has 1 aromatic heterocycles. The number of nitrogens with zero attached hydrogens (tertiary/aromatic N) is 1. The monoisotopic (exact) mass is 536 g/mol. The number of rotatable bonds is 8. The van der Waals surface area contributed by atoms with Crippen LogP contribution in [0.2, 0.25) is 0 Å². The van der Waals surface area contributed by atoms with Gasteiger partial charge in [-0.3, -0.25) is 4.79 Å². The maximum atomic E-state index is 13.6. The number of carbonyl (C=O) groups excluding carboxylic acids is 1. The fourth-order valence-electron chi connectivity index (χ4n) is 4.14. The number of ether oxygens (including phenoxy) is 1. The highest BCUT2D eigenvalue weighted by Gasteiger charge is 2.40. The second-order valence-corrected chi connectivity index (χ2v) is 9.24. The van der Waals surface area contributed by atoms with E-state index in [0.29, 0.717) is 25.3 Å². The molecule has 0 bridgehead atoms. The van der Waals surface area contributed by atoms with E-state index in [1.807, 2.05) is 0 Å². The summed E-state index contributed by atoms with van der Waals surface area (Å²) in [4.78, 5) is 27.7. The van der Waals surface area contributed by atoms with Gasteiger partial charge < -0.3 is 19.6 Å². The van der Waals surface area contributed by atoms with E-state index < -0.39 is 71.8 Å². The standard InChI is InChI=1S/C24H26F6N2O5/c1-12(2)18(22(34)35)32-20(33)13-5-4-8-16(10-13)36-11-17-19(24(28,29)30)37-21(31-17)14-6-3-7-15(9-14)23(25,26)27/h3,6-7,9,12-13,16,18H,4-5,8,10-11H2,1-2H3,(H,32,33)(H,34,35)/t13-,16+,18?/m0/s1. The van der Waals surface area contributed by atoms with E-state index >= 15 is 0 Å². The first-order valence-corrected chi connectivity index (χ1v) is 11.6. The van der Waals surface area contributed by atoms with Crippen LogP contribution in [0.3, 0.4) is 0 Å². The summed E-state index contributed by atoms with van der Waals surface area (Å²) in [6, 6.07) is 2.52. The molecule has 1 heterocycles. The van der Waals surface area contributed by atoms with Gasteiger partial charge in [0.25, 0.3) is 0 Å². The number of aromatic nitrogens is 1. The Morgan fingerprint density at radius 2 is 1.86 bits per heavy atom. The molecule has 1 amide bonds. The first kappa shape index (κ1) is 28.5. The van der Waals surface area contributed by atoms with E-state index in [0.717, 1.165) is 18.2 Å². The normalized spacial score (nSPS) is 19.6. The Morgan fingerprint density at radius 1 is 1.16 bits per heavy atom. The van der Waals surface area contributed by atoms with Crippen molar-refractivity contribution in [3.05, 3.63) is 41.3 Å². The first-order chi connectivity index (χ1) is 17.2. The molecule has 37 heavy (non-hydrogen) atoms. The molecular weight excluding hydrogens is 510 g/mol. The zero-order chi connectivity index (χ0) is 27.5. The van der Waals surface area contributed by atoms with E-state index in [9.17, 15) is 41.0 Å². The van der Waals surface area contributed by atoms with Crippen LogP contribution < -0.4 is 5.32 Å². The zero-order valence-electron chi connectivity index (χ0n) is 19.9. The maximum Gasteiger partial charge on any atom is 0.451 e. The molecule has 1 aliphatic rings. The van der Waals surface area contributed by atoms with E-state index in [2.05, 4.69) is 10.3 Å². The molecule has 7 nitrogen and oxygen atoms in total. The lowest BCUT2D eigenvalue weighted by atomic mass is 9.86. The molecule has 1 aromatic carbocycles. The van der Waals surface area contributed by atoms with E-state index in [1.165, 1.54) is 0 Å². The average molecular weight is 536 g/mol. The van der Waals surface area contributed by atoms with Crippen LogP contribution >= 0.6 is 0 Å². The van der Waals surface area contributed by atoms with Crippen molar-refractivity contribution in [3.63, 3.8) is 0 Å². The third kappa shape index (κ3) is 7.24. The van der Waals surface area contributed by atoms with Gasteiger partial charge in [0.2, 0.25) is 17.6 Å². The fraction of sp³-hybridized carbons (Fsp3) is 0.542. The van der Waals surface area contributed by atoms with Crippen LogP contribution in [-0.2, 0) is 33.3 Å². The number of oxazole rings is 1. The van der Waals surface area contributed by atoms with Crippen LogP contribution in [0.15, 0.2) is 28.7 Å². The van der Waals surface area contributed by atoms with E-state index in [1.54, 1.807) is 13.8 Å². The predicted octanol–water partition coefficient (Wildman–Crippen LogP) is 5.68. The van der Waals surface area contributed by atoms with Crippen LogP contribution in [0.4, 0.5) is 26.3 Å². The number of nitrogens with one attached hydrogen (secondary N) is 1. The van der Waals surface area contributed by atoms with Crippen LogP contribution in [0.5, 0.6) is 0 Å². The van der Waals surface area contributed by atoms with Gasteiger partial charge in [-0.2, -0.15) is 26.3 Å². The van der Waals surface area contributed by atoms with E-state index in [-0.39, 0.29) is 17.9 Å². The molecule has 3 atom stereocenters. The van der Waals surface area contributed by atoms with Gasteiger partial charge >= 0.3 is 18.3 Å². The van der Waals surface area contributed by atoms with Gasteiger partial charge in [0, 0.05) is 11.5 Å². The molecule has 0 saturated heterocycles. The number of amides is 1. The van der Waals surface area contributed by atoms with Crippen LogP contribution in [0.25, 0.3) is 11.5 Å². The summed E-state index contributed by atoms with van der Waals surface area (Å²) < 4.78 is 90.2. The first-order valence-electron chi connectivity index (χ1n) is 11.6. The van der Waals surface area contributed by atoms with Gasteiger partial charge in [-0.15, -0.1) is 0 Å². The molecule has 0 radical (unpaired) electrons. The number of carboxylic acid groups (broad SMARTS) is 1. The van der Waals surface area contributed by atoms with Crippen LogP contribution in [0.1, 0.15) is 56.5 Å². The van der Waals surface area contributed by atoms with Crippen molar-refractivity contribution >= 4 is 11.9 Å². The largest absolute Gasteiger partial charge is 0.480 e. The van der Waals surface area contributed by atoms with Crippen molar-refractivity contribution in [1.82, 2.24) is 10.3 Å². The molecule has 2 N–H and O–H groups in total. The number of halogens is 6. The minimum atomic E-state index is -4.97. The molecule has 0 aliphatic heterocycles. The van der Waals surface area contributed by atoms with Crippen molar-refractivity contribution in [2.45, 2.75) is 70.6 Å². The molecule has 13 heteroatoms. The number of carboxylic acids is 1. The number of benzene rings is 1. The molecule has 1 saturated carbocycles. The fourth-order valence-corrected chi connectivity index (χ4v) is 4.14. The summed E-state index contributed by atoms with van der Waals surface area (Å²) in [5.74, 6) is -4.69. The topological polar surface area (TPSA) is 102 Å². The Kier molecular flexibility index (Phi) is 8.56. The molecule has 1 fully saturated rings. The van der Waals surface area contributed by atoms with Gasteiger partial charge in [-0.1, -0.05) is 26.3 Å². The number of alkyl halides is 6. The second kappa shape index (κ2) is 11.1. The summed E-state index contributed by atoms with van der Waals surface area (Å²) in [6.07, 6.45) is -8.67. The lowest BCUT2D eigenvalue weighted by molar-refractivity contribution is -0.154. The van der Waals surface area contributed by atoms with Gasteiger partial charge in [0.1, 0.15) is 11.7 Å². The Labute approximate surface area is 208 Å². The third-order valence-electron chi connectivity index (χ3n) is 6.07. The molecular formula is C24H26F6N2O5. The minimum absolute atomic E-state index is 0.163. The van der Waals surface area contributed by atoms with Gasteiger partial charge in [0.15, 0.2) is 0 Å². The Morgan fingerprint density at radius 3 is 2.46 bits per heavy atom. The highest BCUT2D eigenvalue weighted by atomic mass is 19.4. The predicted molar refractivity (Wildman–Crippen MR) is 117 cm³/mol. The van der Waals surface area contributed by atoms with Crippen molar-refractivity contribution in [2.75, 3.05) is 0 Å². The molecule has 204 valence electrons.